The van der Waals surface area contributed by atoms with Crippen molar-refractivity contribution in [3.05, 3.63) is 48.0 Å². The molecule has 2 saturated heterocycles. The van der Waals surface area contributed by atoms with E-state index in [9.17, 15) is 4.79 Å². The maximum atomic E-state index is 13.7. The Morgan fingerprint density at radius 3 is 2.64 bits per heavy atom. The number of aromatic nitrogens is 2. The Labute approximate surface area is 167 Å². The topological polar surface area (TPSA) is 50.6 Å². The molecule has 6 heteroatoms. The van der Waals surface area contributed by atoms with Crippen LogP contribution < -0.4 is 4.90 Å². The van der Waals surface area contributed by atoms with Gasteiger partial charge in [-0.25, -0.2) is 4.98 Å². The lowest BCUT2D eigenvalue weighted by Gasteiger charge is -2.44. The van der Waals surface area contributed by atoms with Crippen LogP contribution >= 0.6 is 0 Å². The van der Waals surface area contributed by atoms with Crippen molar-refractivity contribution in [1.29, 1.82) is 0 Å². The normalized spacial score (nSPS) is 23.1. The molecule has 3 heterocycles. The van der Waals surface area contributed by atoms with E-state index < -0.39 is 0 Å². The number of likely N-dealkylation sites (tertiary alicyclic amines) is 1. The second-order valence-electron chi connectivity index (χ2n) is 8.02. The van der Waals surface area contributed by atoms with Crippen LogP contribution in [0.4, 0.5) is 5.69 Å². The summed E-state index contributed by atoms with van der Waals surface area (Å²) < 4.78 is 7.35. The summed E-state index contributed by atoms with van der Waals surface area (Å²) in [7, 11) is 1.71. The molecule has 1 aromatic carbocycles. The second kappa shape index (κ2) is 8.05. The first-order valence-corrected chi connectivity index (χ1v) is 10.3. The van der Waals surface area contributed by atoms with Crippen LogP contribution in [0.5, 0.6) is 0 Å². The van der Waals surface area contributed by atoms with Gasteiger partial charge in [-0.1, -0.05) is 17.7 Å². The first-order valence-electron chi connectivity index (χ1n) is 10.3. The van der Waals surface area contributed by atoms with E-state index >= 15 is 0 Å². The molecule has 2 aromatic rings. The van der Waals surface area contributed by atoms with Gasteiger partial charge in [-0.2, -0.15) is 0 Å². The van der Waals surface area contributed by atoms with E-state index in [2.05, 4.69) is 45.6 Å². The molecule has 4 rings (SSSR count). The van der Waals surface area contributed by atoms with E-state index in [1.54, 1.807) is 7.11 Å². The van der Waals surface area contributed by atoms with Gasteiger partial charge in [0.25, 0.3) is 0 Å². The molecular weight excluding hydrogens is 352 g/mol. The summed E-state index contributed by atoms with van der Waals surface area (Å²) in [4.78, 5) is 22.4. The Bertz CT molecular complexity index is 816. The zero-order chi connectivity index (χ0) is 19.6. The van der Waals surface area contributed by atoms with Gasteiger partial charge in [-0.05, 0) is 51.3 Å². The largest absolute Gasteiger partial charge is 0.383 e. The Morgan fingerprint density at radius 1 is 1.14 bits per heavy atom. The molecule has 0 saturated carbocycles. The standard InChI is InChI=1S/C22H30N4O2/c1-18-5-7-19(8-6-18)26-12-4-10-22(21(26)27)9-3-11-25(22)16-20-15-23-17-24(20)13-14-28-2/h5-8,15,17H,3-4,9-14,16H2,1-2H3. The first kappa shape index (κ1) is 19.2. The van der Waals surface area contributed by atoms with Crippen LogP contribution in [-0.4, -0.2) is 52.7 Å². The van der Waals surface area contributed by atoms with Crippen molar-refractivity contribution < 1.29 is 9.53 Å². The number of hydrogen-bond donors (Lipinski definition) is 0. The molecule has 0 aliphatic carbocycles. The maximum absolute atomic E-state index is 13.7. The first-order chi connectivity index (χ1) is 13.6. The third kappa shape index (κ3) is 3.47. The quantitative estimate of drug-likeness (QED) is 0.771. The molecule has 6 nitrogen and oxygen atoms in total. The van der Waals surface area contributed by atoms with E-state index in [1.807, 2.05) is 17.4 Å². The van der Waals surface area contributed by atoms with E-state index in [1.165, 1.54) is 5.56 Å². The number of methoxy groups -OCH3 is 1. The monoisotopic (exact) mass is 382 g/mol. The fourth-order valence-electron chi connectivity index (χ4n) is 4.72. The van der Waals surface area contributed by atoms with E-state index in [0.717, 1.165) is 63.2 Å². The molecule has 1 aromatic heterocycles. The second-order valence-corrected chi connectivity index (χ2v) is 8.02. The number of imidazole rings is 1. The smallest absolute Gasteiger partial charge is 0.247 e. The van der Waals surface area contributed by atoms with Gasteiger partial charge in [0.15, 0.2) is 0 Å². The third-order valence-corrected chi connectivity index (χ3v) is 6.27. The summed E-state index contributed by atoms with van der Waals surface area (Å²) in [6, 6.07) is 8.33. The summed E-state index contributed by atoms with van der Waals surface area (Å²) in [5.74, 6) is 0.267. The van der Waals surface area contributed by atoms with Crippen molar-refractivity contribution in [2.45, 2.75) is 51.2 Å². The average molecular weight is 383 g/mol. The number of amides is 1. The Balaban J connectivity index is 1.56. The summed E-state index contributed by atoms with van der Waals surface area (Å²) in [6.07, 6.45) is 7.78. The van der Waals surface area contributed by atoms with E-state index in [4.69, 9.17) is 4.74 Å². The number of nitrogens with zero attached hydrogens (tertiary/aromatic N) is 4. The number of aryl methyl sites for hydroxylation is 1. The highest BCUT2D eigenvalue weighted by Crippen LogP contribution is 2.40. The fourth-order valence-corrected chi connectivity index (χ4v) is 4.72. The van der Waals surface area contributed by atoms with Crippen molar-refractivity contribution in [3.8, 4) is 0 Å². The van der Waals surface area contributed by atoms with Crippen LogP contribution in [0.3, 0.4) is 0 Å². The van der Waals surface area contributed by atoms with Crippen LogP contribution in [0.25, 0.3) is 0 Å². The number of piperidine rings is 1. The zero-order valence-electron chi connectivity index (χ0n) is 16.9. The van der Waals surface area contributed by atoms with Crippen molar-refractivity contribution in [1.82, 2.24) is 14.5 Å². The number of anilines is 1. The molecule has 1 atom stereocenters. The van der Waals surface area contributed by atoms with Gasteiger partial charge >= 0.3 is 0 Å². The fraction of sp³-hybridized carbons (Fsp3) is 0.545. The third-order valence-electron chi connectivity index (χ3n) is 6.27. The average Bonchev–Trinajstić information content (AvgIpc) is 3.31. The molecule has 1 amide bonds. The lowest BCUT2D eigenvalue weighted by molar-refractivity contribution is -0.131. The van der Waals surface area contributed by atoms with Crippen molar-refractivity contribution >= 4 is 11.6 Å². The summed E-state index contributed by atoms with van der Waals surface area (Å²) in [5.41, 5.74) is 3.01. The molecule has 2 aliphatic heterocycles. The molecule has 28 heavy (non-hydrogen) atoms. The van der Waals surface area contributed by atoms with Gasteiger partial charge in [0.2, 0.25) is 5.91 Å². The van der Waals surface area contributed by atoms with E-state index in [0.29, 0.717) is 6.61 Å². The molecule has 1 spiro atoms. The lowest BCUT2D eigenvalue weighted by atomic mass is 9.85. The molecule has 0 radical (unpaired) electrons. The van der Waals surface area contributed by atoms with Gasteiger partial charge in [0.05, 0.1) is 18.6 Å². The van der Waals surface area contributed by atoms with Crippen molar-refractivity contribution in [2.24, 2.45) is 0 Å². The van der Waals surface area contributed by atoms with Gasteiger partial charge in [0.1, 0.15) is 5.54 Å². The Kier molecular flexibility index (Phi) is 5.51. The van der Waals surface area contributed by atoms with Crippen LogP contribution in [0.15, 0.2) is 36.8 Å². The predicted molar refractivity (Wildman–Crippen MR) is 109 cm³/mol. The van der Waals surface area contributed by atoms with Crippen LogP contribution in [0.1, 0.15) is 36.9 Å². The maximum Gasteiger partial charge on any atom is 0.247 e. The number of hydrogen-bond acceptors (Lipinski definition) is 4. The van der Waals surface area contributed by atoms with Gasteiger partial charge in [-0.15, -0.1) is 0 Å². The van der Waals surface area contributed by atoms with Crippen molar-refractivity contribution in [3.63, 3.8) is 0 Å². The Morgan fingerprint density at radius 2 is 1.89 bits per heavy atom. The highest BCUT2D eigenvalue weighted by molar-refractivity contribution is 6.01. The minimum Gasteiger partial charge on any atom is -0.383 e. The molecule has 0 bridgehead atoms. The number of carbonyl (C=O) groups excluding carboxylic acids is 1. The van der Waals surface area contributed by atoms with Crippen LogP contribution in [-0.2, 0) is 22.6 Å². The number of benzene rings is 1. The van der Waals surface area contributed by atoms with Crippen LogP contribution in [0, 0.1) is 6.92 Å². The number of rotatable bonds is 6. The summed E-state index contributed by atoms with van der Waals surface area (Å²) >= 11 is 0. The molecule has 150 valence electrons. The van der Waals surface area contributed by atoms with Gasteiger partial charge < -0.3 is 14.2 Å². The minimum atomic E-state index is -0.376. The van der Waals surface area contributed by atoms with Gasteiger partial charge in [0, 0.05) is 38.6 Å². The highest BCUT2D eigenvalue weighted by atomic mass is 16.5. The summed E-state index contributed by atoms with van der Waals surface area (Å²) in [6.45, 7) is 6.06. The van der Waals surface area contributed by atoms with E-state index in [-0.39, 0.29) is 11.4 Å². The SMILES string of the molecule is COCCn1cncc1CN1CCCC12CCCN(c1ccc(C)cc1)C2=O. The Hall–Kier alpha value is -2.18. The molecule has 2 fully saturated rings. The zero-order valence-corrected chi connectivity index (χ0v) is 16.9. The number of carbonyl (C=O) groups is 1. The van der Waals surface area contributed by atoms with Gasteiger partial charge in [-0.3, -0.25) is 9.69 Å². The lowest BCUT2D eigenvalue weighted by Crippen LogP contribution is -2.60. The van der Waals surface area contributed by atoms with Crippen molar-refractivity contribution in [2.75, 3.05) is 31.7 Å². The molecule has 2 aliphatic rings. The molecule has 0 N–H and O–H groups in total. The molecule has 1 unspecified atom stereocenters. The number of ether oxygens (including phenoxy) is 1. The van der Waals surface area contributed by atoms with Crippen LogP contribution in [0.2, 0.25) is 0 Å². The summed E-state index contributed by atoms with van der Waals surface area (Å²) in [5, 5.41) is 0. The highest BCUT2D eigenvalue weighted by Gasteiger charge is 2.51. The predicted octanol–water partition coefficient (Wildman–Crippen LogP) is 3.00. The molecular formula is C22H30N4O2. The minimum absolute atomic E-state index is 0.267.